The van der Waals surface area contributed by atoms with Crippen molar-refractivity contribution in [2.75, 3.05) is 17.2 Å². The Labute approximate surface area is 155 Å². The van der Waals surface area contributed by atoms with Gasteiger partial charge in [-0.15, -0.1) is 0 Å². The number of nitrogens with one attached hydrogen (secondary N) is 2. The minimum atomic E-state index is -0.351. The molecule has 0 saturated heterocycles. The number of amides is 1. The van der Waals surface area contributed by atoms with Crippen LogP contribution in [0.3, 0.4) is 0 Å². The lowest BCUT2D eigenvalue weighted by atomic mass is 10.1. The van der Waals surface area contributed by atoms with Crippen LogP contribution in [-0.2, 0) is 6.42 Å². The minimum absolute atomic E-state index is 0.240. The van der Waals surface area contributed by atoms with Crippen molar-refractivity contribution in [3.8, 4) is 0 Å². The summed E-state index contributed by atoms with van der Waals surface area (Å²) in [5, 5.41) is 6.33. The molecule has 0 fully saturated rings. The number of hydrogen-bond donors (Lipinski definition) is 2. The van der Waals surface area contributed by atoms with Crippen molar-refractivity contribution >= 4 is 29.1 Å². The second-order valence-corrected chi connectivity index (χ2v) is 5.97. The summed E-state index contributed by atoms with van der Waals surface area (Å²) in [6, 6.07) is 14.7. The van der Waals surface area contributed by atoms with Crippen LogP contribution < -0.4 is 10.6 Å². The predicted octanol–water partition coefficient (Wildman–Crippen LogP) is 4.18. The maximum Gasteiger partial charge on any atom is 0.274 e. The van der Waals surface area contributed by atoms with E-state index in [4.69, 9.17) is 11.6 Å². The number of hydrogen-bond acceptors (Lipinski definition) is 4. The van der Waals surface area contributed by atoms with Crippen molar-refractivity contribution in [1.29, 1.82) is 0 Å². The molecule has 7 heteroatoms. The quantitative estimate of drug-likeness (QED) is 0.683. The molecule has 2 N–H and O–H groups in total. The van der Waals surface area contributed by atoms with Gasteiger partial charge in [-0.3, -0.25) is 4.79 Å². The van der Waals surface area contributed by atoms with E-state index >= 15 is 0 Å². The van der Waals surface area contributed by atoms with Crippen molar-refractivity contribution in [1.82, 2.24) is 9.97 Å². The third-order valence-corrected chi connectivity index (χ3v) is 3.82. The monoisotopic (exact) mass is 370 g/mol. The average molecular weight is 371 g/mol. The fourth-order valence-corrected chi connectivity index (χ4v) is 2.49. The molecule has 1 aromatic heterocycles. The third-order valence-electron chi connectivity index (χ3n) is 3.58. The van der Waals surface area contributed by atoms with Gasteiger partial charge in [0.15, 0.2) is 0 Å². The van der Waals surface area contributed by atoms with Gasteiger partial charge in [-0.2, -0.15) is 0 Å². The van der Waals surface area contributed by atoms with Gasteiger partial charge in [0, 0.05) is 23.5 Å². The molecular weight excluding hydrogens is 355 g/mol. The number of nitrogens with zero attached hydrogens (tertiary/aromatic N) is 2. The van der Waals surface area contributed by atoms with Gasteiger partial charge in [0.25, 0.3) is 5.91 Å². The molecule has 1 amide bonds. The lowest BCUT2D eigenvalue weighted by Gasteiger charge is -2.08. The molecule has 1 heterocycles. The molecule has 132 valence electrons. The summed E-state index contributed by atoms with van der Waals surface area (Å²) in [7, 11) is 0. The maximum absolute atomic E-state index is 12.9. The summed E-state index contributed by atoms with van der Waals surface area (Å²) in [6.07, 6.45) is 2.20. The lowest BCUT2D eigenvalue weighted by molar-refractivity contribution is 0.102. The summed E-state index contributed by atoms with van der Waals surface area (Å²) in [4.78, 5) is 20.6. The van der Waals surface area contributed by atoms with E-state index in [1.54, 1.807) is 36.4 Å². The zero-order valence-electron chi connectivity index (χ0n) is 13.7. The summed E-state index contributed by atoms with van der Waals surface area (Å²) in [6.45, 7) is 0.561. The summed E-state index contributed by atoms with van der Waals surface area (Å²) in [5.41, 5.74) is 1.82. The molecular formula is C19H16ClFN4O. The van der Waals surface area contributed by atoms with E-state index in [9.17, 15) is 9.18 Å². The molecule has 0 aliphatic heterocycles. The Balaban J connectivity index is 1.58. The maximum atomic E-state index is 12.9. The van der Waals surface area contributed by atoms with Gasteiger partial charge in [0.05, 0.1) is 0 Å². The zero-order chi connectivity index (χ0) is 18.4. The Morgan fingerprint density at radius 1 is 1.12 bits per heavy atom. The van der Waals surface area contributed by atoms with Crippen LogP contribution in [0.25, 0.3) is 0 Å². The molecule has 0 bridgehead atoms. The number of benzene rings is 2. The Morgan fingerprint density at radius 3 is 2.69 bits per heavy atom. The SMILES string of the molecule is O=C(Nc1cccc(Cl)c1)c1ccnc(NCCc2ccc(F)cc2)n1. The molecule has 0 saturated carbocycles. The second-order valence-electron chi connectivity index (χ2n) is 5.53. The highest BCUT2D eigenvalue weighted by Gasteiger charge is 2.09. The molecule has 3 rings (SSSR count). The van der Waals surface area contributed by atoms with Crippen molar-refractivity contribution < 1.29 is 9.18 Å². The molecule has 5 nitrogen and oxygen atoms in total. The van der Waals surface area contributed by atoms with Crippen LogP contribution in [0.2, 0.25) is 5.02 Å². The van der Waals surface area contributed by atoms with Crippen molar-refractivity contribution in [2.45, 2.75) is 6.42 Å². The molecule has 0 aliphatic carbocycles. The fourth-order valence-electron chi connectivity index (χ4n) is 2.30. The van der Waals surface area contributed by atoms with E-state index in [1.165, 1.54) is 24.4 Å². The first kappa shape index (κ1) is 17.8. The van der Waals surface area contributed by atoms with Gasteiger partial charge in [-0.1, -0.05) is 29.8 Å². The van der Waals surface area contributed by atoms with E-state index in [0.29, 0.717) is 29.6 Å². The van der Waals surface area contributed by atoms with Crippen LogP contribution in [0.5, 0.6) is 0 Å². The summed E-state index contributed by atoms with van der Waals surface area (Å²) < 4.78 is 12.9. The summed E-state index contributed by atoms with van der Waals surface area (Å²) in [5.74, 6) is -0.259. The molecule has 26 heavy (non-hydrogen) atoms. The predicted molar refractivity (Wildman–Crippen MR) is 100 cm³/mol. The first-order valence-corrected chi connectivity index (χ1v) is 8.36. The first-order valence-electron chi connectivity index (χ1n) is 7.98. The topological polar surface area (TPSA) is 66.9 Å². The van der Waals surface area contributed by atoms with Crippen LogP contribution in [0.1, 0.15) is 16.1 Å². The van der Waals surface area contributed by atoms with Crippen LogP contribution >= 0.6 is 11.6 Å². The highest BCUT2D eigenvalue weighted by molar-refractivity contribution is 6.30. The normalized spacial score (nSPS) is 10.4. The van der Waals surface area contributed by atoms with E-state index in [-0.39, 0.29) is 17.4 Å². The number of aromatic nitrogens is 2. The zero-order valence-corrected chi connectivity index (χ0v) is 14.5. The van der Waals surface area contributed by atoms with Gasteiger partial charge in [-0.25, -0.2) is 14.4 Å². The van der Waals surface area contributed by atoms with E-state index in [2.05, 4.69) is 20.6 Å². The largest absolute Gasteiger partial charge is 0.354 e. The van der Waals surface area contributed by atoms with Crippen LogP contribution in [-0.4, -0.2) is 22.4 Å². The number of rotatable bonds is 6. The van der Waals surface area contributed by atoms with Gasteiger partial charge < -0.3 is 10.6 Å². The van der Waals surface area contributed by atoms with E-state index < -0.39 is 0 Å². The molecule has 0 spiro atoms. The van der Waals surface area contributed by atoms with Crippen LogP contribution in [0.4, 0.5) is 16.0 Å². The fraction of sp³-hybridized carbons (Fsp3) is 0.105. The van der Waals surface area contributed by atoms with Crippen LogP contribution in [0, 0.1) is 5.82 Å². The molecule has 2 aromatic carbocycles. The number of carbonyl (C=O) groups excluding carboxylic acids is 1. The van der Waals surface area contributed by atoms with Crippen molar-refractivity contribution in [2.24, 2.45) is 0 Å². The molecule has 0 atom stereocenters. The van der Waals surface area contributed by atoms with Gasteiger partial charge in [0.1, 0.15) is 11.5 Å². The van der Waals surface area contributed by atoms with Gasteiger partial charge in [-0.05, 0) is 48.4 Å². The number of anilines is 2. The number of halogens is 2. The number of carbonyl (C=O) groups is 1. The Hall–Kier alpha value is -2.99. The summed E-state index contributed by atoms with van der Waals surface area (Å²) >= 11 is 5.91. The highest BCUT2D eigenvalue weighted by Crippen LogP contribution is 2.15. The third kappa shape index (κ3) is 5.00. The average Bonchev–Trinajstić information content (AvgIpc) is 2.64. The Kier molecular flexibility index (Phi) is 5.76. The van der Waals surface area contributed by atoms with Crippen molar-refractivity contribution in [3.05, 3.63) is 82.9 Å². The van der Waals surface area contributed by atoms with Gasteiger partial charge >= 0.3 is 0 Å². The Bertz CT molecular complexity index is 902. The molecule has 3 aromatic rings. The van der Waals surface area contributed by atoms with Crippen molar-refractivity contribution in [3.63, 3.8) is 0 Å². The van der Waals surface area contributed by atoms with Gasteiger partial charge in [0.2, 0.25) is 5.95 Å². The minimum Gasteiger partial charge on any atom is -0.354 e. The van der Waals surface area contributed by atoms with E-state index in [0.717, 1.165) is 5.56 Å². The van der Waals surface area contributed by atoms with Crippen LogP contribution in [0.15, 0.2) is 60.8 Å². The smallest absolute Gasteiger partial charge is 0.274 e. The van der Waals surface area contributed by atoms with E-state index in [1.807, 2.05) is 0 Å². The highest BCUT2D eigenvalue weighted by atomic mass is 35.5. The molecule has 0 unspecified atom stereocenters. The lowest BCUT2D eigenvalue weighted by Crippen LogP contribution is -2.16. The molecule has 0 radical (unpaired) electrons. The second kappa shape index (κ2) is 8.40. The standard InChI is InChI=1S/C19H16ClFN4O/c20-14-2-1-3-16(12-14)24-18(26)17-9-11-23-19(25-17)22-10-8-13-4-6-15(21)7-5-13/h1-7,9,11-12H,8,10H2,(H,24,26)(H,22,23,25). The Morgan fingerprint density at radius 2 is 1.92 bits per heavy atom. The first-order chi connectivity index (χ1) is 12.6. The molecule has 0 aliphatic rings.